The normalized spacial score (nSPS) is 22.0. The summed E-state index contributed by atoms with van der Waals surface area (Å²) in [4.78, 5) is 2.52. The van der Waals surface area contributed by atoms with E-state index in [-0.39, 0.29) is 0 Å². The number of hydrogen-bond acceptors (Lipinski definition) is 4. The molecule has 1 saturated heterocycles. The predicted molar refractivity (Wildman–Crippen MR) is 70.1 cm³/mol. The van der Waals surface area contributed by atoms with Gasteiger partial charge in [-0.2, -0.15) is 0 Å². The van der Waals surface area contributed by atoms with E-state index >= 15 is 0 Å². The highest BCUT2D eigenvalue weighted by molar-refractivity contribution is 4.89. The SMILES string of the molecule is c1nnc2n1CCN(CCCC1CCNCC1)C2. The molecule has 0 amide bonds. The molecule has 3 heterocycles. The second-order valence-corrected chi connectivity index (χ2v) is 5.55. The molecule has 0 atom stereocenters. The van der Waals surface area contributed by atoms with Crippen molar-refractivity contribution in [2.24, 2.45) is 5.92 Å². The lowest BCUT2D eigenvalue weighted by Gasteiger charge is -2.28. The van der Waals surface area contributed by atoms with Crippen LogP contribution in [0.25, 0.3) is 0 Å². The van der Waals surface area contributed by atoms with Gasteiger partial charge in [0.05, 0.1) is 6.54 Å². The van der Waals surface area contributed by atoms with Gasteiger partial charge in [0, 0.05) is 13.1 Å². The summed E-state index contributed by atoms with van der Waals surface area (Å²) in [5, 5.41) is 11.6. The molecule has 2 aliphatic rings. The van der Waals surface area contributed by atoms with E-state index in [1.807, 2.05) is 6.33 Å². The van der Waals surface area contributed by atoms with Crippen LogP contribution < -0.4 is 5.32 Å². The molecular formula is C13H23N5. The molecule has 3 rings (SSSR count). The van der Waals surface area contributed by atoms with Crippen LogP contribution in [0, 0.1) is 5.92 Å². The molecule has 5 heteroatoms. The second kappa shape index (κ2) is 5.80. The Kier molecular flexibility index (Phi) is 3.90. The van der Waals surface area contributed by atoms with Crippen LogP contribution in [0.3, 0.4) is 0 Å². The molecule has 1 fully saturated rings. The number of rotatable bonds is 4. The highest BCUT2D eigenvalue weighted by atomic mass is 15.3. The topological polar surface area (TPSA) is 46.0 Å². The van der Waals surface area contributed by atoms with Crippen molar-refractivity contribution >= 4 is 0 Å². The van der Waals surface area contributed by atoms with Gasteiger partial charge in [-0.1, -0.05) is 0 Å². The van der Waals surface area contributed by atoms with E-state index in [0.29, 0.717) is 0 Å². The Labute approximate surface area is 109 Å². The van der Waals surface area contributed by atoms with Crippen molar-refractivity contribution in [1.82, 2.24) is 25.0 Å². The van der Waals surface area contributed by atoms with Crippen molar-refractivity contribution in [3.8, 4) is 0 Å². The molecule has 0 radical (unpaired) electrons. The summed E-state index contributed by atoms with van der Waals surface area (Å²) < 4.78 is 2.17. The van der Waals surface area contributed by atoms with Gasteiger partial charge in [-0.3, -0.25) is 4.90 Å². The van der Waals surface area contributed by atoms with E-state index in [2.05, 4.69) is 25.0 Å². The molecule has 1 N–H and O–H groups in total. The quantitative estimate of drug-likeness (QED) is 0.860. The van der Waals surface area contributed by atoms with Gasteiger partial charge in [0.2, 0.25) is 0 Å². The monoisotopic (exact) mass is 249 g/mol. The molecule has 0 unspecified atom stereocenters. The van der Waals surface area contributed by atoms with Gasteiger partial charge in [0.25, 0.3) is 0 Å². The molecule has 1 aromatic rings. The summed E-state index contributed by atoms with van der Waals surface area (Å²) in [5.74, 6) is 2.09. The lowest BCUT2D eigenvalue weighted by Crippen LogP contribution is -2.34. The van der Waals surface area contributed by atoms with Gasteiger partial charge < -0.3 is 9.88 Å². The Hall–Kier alpha value is -0.940. The summed E-state index contributed by atoms with van der Waals surface area (Å²) in [5.41, 5.74) is 0. The zero-order chi connectivity index (χ0) is 12.2. The fourth-order valence-corrected chi connectivity index (χ4v) is 3.08. The average Bonchev–Trinajstić information content (AvgIpc) is 2.87. The summed E-state index contributed by atoms with van der Waals surface area (Å²) in [6.07, 6.45) is 7.31. The second-order valence-electron chi connectivity index (χ2n) is 5.55. The zero-order valence-corrected chi connectivity index (χ0v) is 11.0. The third kappa shape index (κ3) is 2.90. The largest absolute Gasteiger partial charge is 0.317 e. The average molecular weight is 249 g/mol. The molecule has 0 aliphatic carbocycles. The molecule has 5 nitrogen and oxygen atoms in total. The minimum atomic E-state index is 0.958. The maximum Gasteiger partial charge on any atom is 0.147 e. The van der Waals surface area contributed by atoms with Gasteiger partial charge >= 0.3 is 0 Å². The zero-order valence-electron chi connectivity index (χ0n) is 11.0. The first-order valence-electron chi connectivity index (χ1n) is 7.21. The number of piperidine rings is 1. The lowest BCUT2D eigenvalue weighted by atomic mass is 9.93. The Morgan fingerprint density at radius 2 is 2.17 bits per heavy atom. The number of aromatic nitrogens is 3. The highest BCUT2D eigenvalue weighted by Gasteiger charge is 2.18. The van der Waals surface area contributed by atoms with Crippen molar-refractivity contribution in [1.29, 1.82) is 0 Å². The van der Waals surface area contributed by atoms with E-state index in [1.54, 1.807) is 0 Å². The maximum atomic E-state index is 4.17. The van der Waals surface area contributed by atoms with Crippen molar-refractivity contribution in [2.75, 3.05) is 26.2 Å². The van der Waals surface area contributed by atoms with Crippen LogP contribution in [-0.4, -0.2) is 45.8 Å². The van der Waals surface area contributed by atoms with Gasteiger partial charge in [-0.05, 0) is 51.2 Å². The summed E-state index contributed by atoms with van der Waals surface area (Å²) >= 11 is 0. The Balaban J connectivity index is 1.39. The summed E-state index contributed by atoms with van der Waals surface area (Å²) in [6, 6.07) is 0. The molecule has 0 bridgehead atoms. The van der Waals surface area contributed by atoms with Crippen molar-refractivity contribution in [2.45, 2.75) is 38.8 Å². The molecule has 0 aromatic carbocycles. The summed E-state index contributed by atoms with van der Waals surface area (Å²) in [6.45, 7) is 6.84. The van der Waals surface area contributed by atoms with Crippen molar-refractivity contribution in [3.63, 3.8) is 0 Å². The first-order chi connectivity index (χ1) is 8.92. The molecule has 0 saturated carbocycles. The molecular weight excluding hydrogens is 226 g/mol. The van der Waals surface area contributed by atoms with Crippen LogP contribution in [0.4, 0.5) is 0 Å². The lowest BCUT2D eigenvalue weighted by molar-refractivity contribution is 0.205. The van der Waals surface area contributed by atoms with Crippen LogP contribution in [0.2, 0.25) is 0 Å². The van der Waals surface area contributed by atoms with Crippen molar-refractivity contribution in [3.05, 3.63) is 12.2 Å². The van der Waals surface area contributed by atoms with Crippen LogP contribution in [0.15, 0.2) is 6.33 Å². The number of fused-ring (bicyclic) bond motifs is 1. The third-order valence-electron chi connectivity index (χ3n) is 4.26. The number of hydrogen-bond donors (Lipinski definition) is 1. The highest BCUT2D eigenvalue weighted by Crippen LogP contribution is 2.18. The fraction of sp³-hybridized carbons (Fsp3) is 0.846. The Morgan fingerprint density at radius 3 is 3.06 bits per heavy atom. The van der Waals surface area contributed by atoms with E-state index in [4.69, 9.17) is 0 Å². The van der Waals surface area contributed by atoms with Crippen molar-refractivity contribution < 1.29 is 0 Å². The first-order valence-corrected chi connectivity index (χ1v) is 7.21. The smallest absolute Gasteiger partial charge is 0.147 e. The Morgan fingerprint density at radius 1 is 1.28 bits per heavy atom. The molecule has 18 heavy (non-hydrogen) atoms. The summed E-state index contributed by atoms with van der Waals surface area (Å²) in [7, 11) is 0. The van der Waals surface area contributed by atoms with Gasteiger partial charge in [-0.15, -0.1) is 10.2 Å². The third-order valence-corrected chi connectivity index (χ3v) is 4.26. The van der Waals surface area contributed by atoms with Crippen LogP contribution in [0.5, 0.6) is 0 Å². The van der Waals surface area contributed by atoms with E-state index in [9.17, 15) is 0 Å². The molecule has 100 valence electrons. The Bertz CT molecular complexity index is 369. The standard InChI is InChI=1S/C13H23N5/c1(2-12-3-5-14-6-4-12)7-17-8-9-18-11-15-16-13(18)10-17/h11-12,14H,1-10H2. The fourth-order valence-electron chi connectivity index (χ4n) is 3.08. The first kappa shape index (κ1) is 12.1. The minimum Gasteiger partial charge on any atom is -0.317 e. The van der Waals surface area contributed by atoms with Crippen LogP contribution in [-0.2, 0) is 13.1 Å². The van der Waals surface area contributed by atoms with Gasteiger partial charge in [0.1, 0.15) is 12.2 Å². The molecule has 2 aliphatic heterocycles. The van der Waals surface area contributed by atoms with Gasteiger partial charge in [-0.25, -0.2) is 0 Å². The number of nitrogens with zero attached hydrogens (tertiary/aromatic N) is 4. The predicted octanol–water partition coefficient (Wildman–Crippen LogP) is 0.873. The minimum absolute atomic E-state index is 0.958. The molecule has 0 spiro atoms. The number of nitrogens with one attached hydrogen (secondary N) is 1. The maximum absolute atomic E-state index is 4.17. The molecule has 1 aromatic heterocycles. The van der Waals surface area contributed by atoms with Crippen LogP contribution in [0.1, 0.15) is 31.5 Å². The van der Waals surface area contributed by atoms with Gasteiger partial charge in [0.15, 0.2) is 0 Å². The van der Waals surface area contributed by atoms with E-state index in [0.717, 1.165) is 31.4 Å². The van der Waals surface area contributed by atoms with E-state index < -0.39 is 0 Å². The van der Waals surface area contributed by atoms with E-state index in [1.165, 1.54) is 45.3 Å². The van der Waals surface area contributed by atoms with Crippen LogP contribution >= 0.6 is 0 Å².